The van der Waals surface area contributed by atoms with Crippen LogP contribution in [0.25, 0.3) is 0 Å². The molecule has 1 heterocycles. The summed E-state index contributed by atoms with van der Waals surface area (Å²) >= 11 is 4.95. The summed E-state index contributed by atoms with van der Waals surface area (Å²) < 4.78 is 1.75. The van der Waals surface area contributed by atoms with Crippen molar-refractivity contribution in [3.8, 4) is 0 Å². The van der Waals surface area contributed by atoms with Crippen molar-refractivity contribution in [2.24, 2.45) is 7.05 Å². The highest BCUT2D eigenvalue weighted by Crippen LogP contribution is 2.10. The van der Waals surface area contributed by atoms with Crippen LogP contribution in [0.5, 0.6) is 0 Å². The zero-order chi connectivity index (χ0) is 9.14. The lowest BCUT2D eigenvalue weighted by Crippen LogP contribution is -2.24. The second kappa shape index (κ2) is 3.53. The van der Waals surface area contributed by atoms with E-state index < -0.39 is 0 Å². The minimum absolute atomic E-state index is 0.603. The molecule has 0 aliphatic heterocycles. The van der Waals surface area contributed by atoms with Gasteiger partial charge in [0.1, 0.15) is 0 Å². The number of thiocarbonyl (C=S) groups is 1. The highest BCUT2D eigenvalue weighted by Gasteiger charge is 2.02. The van der Waals surface area contributed by atoms with Gasteiger partial charge in [0.05, 0.1) is 11.4 Å². The summed E-state index contributed by atoms with van der Waals surface area (Å²) in [6, 6.07) is 0. The highest BCUT2D eigenvalue weighted by atomic mass is 32.1. The van der Waals surface area contributed by atoms with Crippen LogP contribution in [0.1, 0.15) is 5.69 Å². The van der Waals surface area contributed by atoms with Gasteiger partial charge in [-0.15, -0.1) is 0 Å². The summed E-state index contributed by atoms with van der Waals surface area (Å²) in [5, 5.41) is 10.6. The van der Waals surface area contributed by atoms with E-state index >= 15 is 0 Å². The minimum atomic E-state index is 0.603. The van der Waals surface area contributed by atoms with E-state index in [4.69, 9.17) is 12.2 Å². The van der Waals surface area contributed by atoms with E-state index in [1.807, 2.05) is 20.2 Å². The van der Waals surface area contributed by atoms with Crippen LogP contribution in [0.4, 0.5) is 5.69 Å². The van der Waals surface area contributed by atoms with Gasteiger partial charge in [-0.3, -0.25) is 4.68 Å². The highest BCUT2D eigenvalue weighted by molar-refractivity contribution is 7.80. The summed E-state index contributed by atoms with van der Waals surface area (Å²) in [5.41, 5.74) is 1.88. The van der Waals surface area contributed by atoms with E-state index in [0.717, 1.165) is 11.4 Å². The third-order valence-corrected chi connectivity index (χ3v) is 1.79. The average Bonchev–Trinajstić information content (AvgIpc) is 2.30. The smallest absolute Gasteiger partial charge is 0.170 e. The summed E-state index contributed by atoms with van der Waals surface area (Å²) in [7, 11) is 3.65. The number of nitrogens with one attached hydrogen (secondary N) is 2. The van der Waals surface area contributed by atoms with Crippen LogP contribution in [-0.4, -0.2) is 21.9 Å². The first-order valence-corrected chi connectivity index (χ1v) is 4.03. The first-order chi connectivity index (χ1) is 5.63. The summed E-state index contributed by atoms with van der Waals surface area (Å²) in [6.45, 7) is 1.93. The molecule has 12 heavy (non-hydrogen) atoms. The minimum Gasteiger partial charge on any atom is -0.366 e. The fourth-order valence-electron chi connectivity index (χ4n) is 0.907. The molecule has 0 bridgehead atoms. The second-order valence-electron chi connectivity index (χ2n) is 2.51. The Kier molecular flexibility index (Phi) is 2.65. The fourth-order valence-corrected chi connectivity index (χ4v) is 1.02. The van der Waals surface area contributed by atoms with E-state index in [-0.39, 0.29) is 0 Å². The maximum absolute atomic E-state index is 4.95. The Morgan fingerprint density at radius 1 is 1.67 bits per heavy atom. The van der Waals surface area contributed by atoms with Gasteiger partial charge in [0, 0.05) is 20.3 Å². The SMILES string of the molecule is CNC(=S)Nc1cn(C)nc1C. The van der Waals surface area contributed by atoms with Gasteiger partial charge in [0.15, 0.2) is 5.11 Å². The summed E-state index contributed by atoms with van der Waals surface area (Å²) in [6.07, 6.45) is 1.89. The molecule has 66 valence electrons. The van der Waals surface area contributed by atoms with Crippen molar-refractivity contribution in [3.05, 3.63) is 11.9 Å². The number of nitrogens with zero attached hydrogens (tertiary/aromatic N) is 2. The molecule has 1 aromatic heterocycles. The Balaban J connectivity index is 2.75. The van der Waals surface area contributed by atoms with E-state index in [0.29, 0.717) is 5.11 Å². The van der Waals surface area contributed by atoms with Crippen molar-refractivity contribution in [3.63, 3.8) is 0 Å². The number of aromatic nitrogens is 2. The van der Waals surface area contributed by atoms with Gasteiger partial charge in [-0.05, 0) is 19.1 Å². The molecule has 0 radical (unpaired) electrons. The number of aryl methyl sites for hydroxylation is 2. The number of rotatable bonds is 1. The number of hydrogen-bond donors (Lipinski definition) is 2. The normalized spacial score (nSPS) is 9.58. The molecule has 0 saturated heterocycles. The van der Waals surface area contributed by atoms with Crippen molar-refractivity contribution in [2.45, 2.75) is 6.92 Å². The van der Waals surface area contributed by atoms with Gasteiger partial charge < -0.3 is 10.6 Å². The first kappa shape index (κ1) is 8.99. The molecule has 0 amide bonds. The Hall–Kier alpha value is -1.10. The second-order valence-corrected chi connectivity index (χ2v) is 2.91. The van der Waals surface area contributed by atoms with Crippen molar-refractivity contribution < 1.29 is 0 Å². The zero-order valence-corrected chi connectivity index (χ0v) is 8.20. The third kappa shape index (κ3) is 1.94. The molecule has 0 unspecified atom stereocenters. The average molecular weight is 184 g/mol. The van der Waals surface area contributed by atoms with Crippen molar-refractivity contribution >= 4 is 23.0 Å². The predicted molar refractivity (Wildman–Crippen MR) is 53.2 cm³/mol. The van der Waals surface area contributed by atoms with E-state index in [2.05, 4.69) is 15.7 Å². The van der Waals surface area contributed by atoms with Crippen LogP contribution in [0.3, 0.4) is 0 Å². The Bertz CT molecular complexity index is 292. The lowest BCUT2D eigenvalue weighted by molar-refractivity contribution is 0.756. The van der Waals surface area contributed by atoms with E-state index in [1.165, 1.54) is 0 Å². The molecule has 0 atom stereocenters. The van der Waals surface area contributed by atoms with Crippen molar-refractivity contribution in [1.29, 1.82) is 0 Å². The van der Waals surface area contributed by atoms with Crippen LogP contribution in [0, 0.1) is 6.92 Å². The topological polar surface area (TPSA) is 41.9 Å². The lowest BCUT2D eigenvalue weighted by Gasteiger charge is -2.03. The molecule has 1 rings (SSSR count). The molecule has 1 aromatic rings. The van der Waals surface area contributed by atoms with E-state index in [1.54, 1.807) is 11.7 Å². The molecule has 0 aliphatic carbocycles. The van der Waals surface area contributed by atoms with Crippen LogP contribution in [0.2, 0.25) is 0 Å². The Morgan fingerprint density at radius 2 is 2.33 bits per heavy atom. The van der Waals surface area contributed by atoms with Gasteiger partial charge in [-0.2, -0.15) is 5.10 Å². The number of anilines is 1. The molecule has 0 aromatic carbocycles. The molecular weight excluding hydrogens is 172 g/mol. The lowest BCUT2D eigenvalue weighted by atomic mass is 10.4. The molecule has 2 N–H and O–H groups in total. The largest absolute Gasteiger partial charge is 0.366 e. The number of hydrogen-bond acceptors (Lipinski definition) is 2. The van der Waals surface area contributed by atoms with Gasteiger partial charge in [0.25, 0.3) is 0 Å². The Morgan fingerprint density at radius 3 is 2.75 bits per heavy atom. The third-order valence-electron chi connectivity index (χ3n) is 1.49. The molecule has 5 heteroatoms. The molecule has 4 nitrogen and oxygen atoms in total. The monoisotopic (exact) mass is 184 g/mol. The predicted octanol–water partition coefficient (Wildman–Crippen LogP) is 0.645. The quantitative estimate of drug-likeness (QED) is 0.629. The summed E-state index contributed by atoms with van der Waals surface area (Å²) in [5.74, 6) is 0. The summed E-state index contributed by atoms with van der Waals surface area (Å²) in [4.78, 5) is 0. The molecule has 0 fully saturated rings. The van der Waals surface area contributed by atoms with Gasteiger partial charge in [-0.25, -0.2) is 0 Å². The fraction of sp³-hybridized carbons (Fsp3) is 0.429. The van der Waals surface area contributed by atoms with Gasteiger partial charge in [0.2, 0.25) is 0 Å². The standard InChI is InChI=1S/C7H12N4S/c1-5-6(4-11(3)10-5)9-7(12)8-2/h4H,1-3H3,(H2,8,9,12). The maximum Gasteiger partial charge on any atom is 0.170 e. The van der Waals surface area contributed by atoms with Crippen LogP contribution in [0.15, 0.2) is 6.20 Å². The van der Waals surface area contributed by atoms with Crippen LogP contribution in [-0.2, 0) is 7.05 Å². The molecule has 0 aliphatic rings. The first-order valence-electron chi connectivity index (χ1n) is 3.62. The molecule has 0 spiro atoms. The van der Waals surface area contributed by atoms with Crippen molar-refractivity contribution in [1.82, 2.24) is 15.1 Å². The molecule has 0 saturated carbocycles. The van der Waals surface area contributed by atoms with Gasteiger partial charge >= 0.3 is 0 Å². The van der Waals surface area contributed by atoms with Gasteiger partial charge in [-0.1, -0.05) is 0 Å². The van der Waals surface area contributed by atoms with Crippen LogP contribution < -0.4 is 10.6 Å². The Labute approximate surface area is 77.0 Å². The van der Waals surface area contributed by atoms with Crippen LogP contribution >= 0.6 is 12.2 Å². The van der Waals surface area contributed by atoms with E-state index in [9.17, 15) is 0 Å². The molecular formula is C7H12N4S. The van der Waals surface area contributed by atoms with Crippen molar-refractivity contribution in [2.75, 3.05) is 12.4 Å². The maximum atomic E-state index is 4.95. The zero-order valence-electron chi connectivity index (χ0n) is 7.38.